The molecule has 1 aromatic carbocycles. The molecule has 0 atom stereocenters. The van der Waals surface area contributed by atoms with Gasteiger partial charge in [0.25, 0.3) is 0 Å². The van der Waals surface area contributed by atoms with Crippen LogP contribution in [0.1, 0.15) is 19.3 Å². The van der Waals surface area contributed by atoms with E-state index in [0.717, 1.165) is 25.4 Å². The summed E-state index contributed by atoms with van der Waals surface area (Å²) < 4.78 is 0. The largest absolute Gasteiger partial charge is 0.393 e. The van der Waals surface area contributed by atoms with Crippen molar-refractivity contribution >= 4 is 22.9 Å². The molecule has 0 unspecified atom stereocenters. The summed E-state index contributed by atoms with van der Waals surface area (Å²) in [7, 11) is 0. The molecule has 1 aromatic rings. The molecule has 1 aliphatic rings. The molecule has 0 heterocycles. The van der Waals surface area contributed by atoms with Gasteiger partial charge in [0.15, 0.2) is 0 Å². The highest BCUT2D eigenvalue weighted by molar-refractivity contribution is 7.80. The highest BCUT2D eigenvalue weighted by Crippen LogP contribution is 2.31. The van der Waals surface area contributed by atoms with Gasteiger partial charge in [0.1, 0.15) is 0 Å². The second kappa shape index (κ2) is 5.30. The number of anilines is 1. The molecule has 0 saturated heterocycles. The maximum Gasteiger partial charge on any atom is 0.0745 e. The number of rotatable bonds is 6. The summed E-state index contributed by atoms with van der Waals surface area (Å²) in [6.45, 7) is 2.09. The van der Waals surface area contributed by atoms with Gasteiger partial charge in [-0.3, -0.25) is 0 Å². The topological polar surface area (TPSA) is 29.3 Å². The lowest BCUT2D eigenvalue weighted by Gasteiger charge is -2.24. The molecule has 0 amide bonds. The third-order valence-electron chi connectivity index (χ3n) is 2.92. The summed E-state index contributed by atoms with van der Waals surface area (Å²) in [4.78, 5) is 3.01. The van der Waals surface area contributed by atoms with Crippen molar-refractivity contribution in [1.82, 2.24) is 0 Å². The lowest BCUT2D eigenvalue weighted by molar-refractivity contribution is 0.729. The van der Waals surface area contributed by atoms with E-state index < -0.39 is 0 Å². The van der Waals surface area contributed by atoms with Crippen molar-refractivity contribution in [2.75, 3.05) is 18.0 Å². The summed E-state index contributed by atoms with van der Waals surface area (Å²) in [6, 6.07) is 10.5. The smallest absolute Gasteiger partial charge is 0.0745 e. The summed E-state index contributed by atoms with van der Waals surface area (Å²) in [5.41, 5.74) is 6.85. The molecular formula is C13H18N2S. The fraction of sp³-hybridized carbons (Fsp3) is 0.462. The second-order valence-electron chi connectivity index (χ2n) is 4.44. The molecule has 16 heavy (non-hydrogen) atoms. The van der Waals surface area contributed by atoms with E-state index in [9.17, 15) is 0 Å². The fourth-order valence-electron chi connectivity index (χ4n) is 1.82. The average Bonchev–Trinajstić information content (AvgIpc) is 3.09. The van der Waals surface area contributed by atoms with Gasteiger partial charge in [0, 0.05) is 25.2 Å². The van der Waals surface area contributed by atoms with Gasteiger partial charge in [-0.2, -0.15) is 0 Å². The van der Waals surface area contributed by atoms with Gasteiger partial charge in [0.2, 0.25) is 0 Å². The minimum absolute atomic E-state index is 0.608. The Labute approximate surface area is 102 Å². The summed E-state index contributed by atoms with van der Waals surface area (Å²) in [5.74, 6) is 0.881. The normalized spacial score (nSPS) is 14.8. The molecular weight excluding hydrogens is 216 g/mol. The van der Waals surface area contributed by atoms with Crippen LogP contribution in [-0.2, 0) is 0 Å². The Kier molecular flexibility index (Phi) is 3.78. The van der Waals surface area contributed by atoms with Gasteiger partial charge >= 0.3 is 0 Å². The molecule has 0 aliphatic heterocycles. The van der Waals surface area contributed by atoms with Gasteiger partial charge in [-0.15, -0.1) is 0 Å². The number of nitrogens with two attached hydrogens (primary N) is 1. The van der Waals surface area contributed by atoms with Crippen LogP contribution in [0.5, 0.6) is 0 Å². The van der Waals surface area contributed by atoms with Crippen LogP contribution in [0.25, 0.3) is 0 Å². The van der Waals surface area contributed by atoms with Crippen LogP contribution < -0.4 is 10.6 Å². The highest BCUT2D eigenvalue weighted by Gasteiger charge is 2.24. The Morgan fingerprint density at radius 1 is 1.31 bits per heavy atom. The zero-order chi connectivity index (χ0) is 11.4. The highest BCUT2D eigenvalue weighted by atomic mass is 32.1. The minimum atomic E-state index is 0.608. The van der Waals surface area contributed by atoms with Crippen LogP contribution in [0.3, 0.4) is 0 Å². The molecule has 0 aromatic heterocycles. The van der Waals surface area contributed by atoms with Crippen LogP contribution in [0, 0.1) is 5.92 Å². The van der Waals surface area contributed by atoms with E-state index in [2.05, 4.69) is 29.2 Å². The summed E-state index contributed by atoms with van der Waals surface area (Å²) in [5, 5.41) is 0. The first-order valence-electron chi connectivity index (χ1n) is 5.84. The van der Waals surface area contributed by atoms with E-state index in [1.165, 1.54) is 18.5 Å². The van der Waals surface area contributed by atoms with E-state index >= 15 is 0 Å². The number of hydrogen-bond acceptors (Lipinski definition) is 2. The maximum absolute atomic E-state index is 5.57. The summed E-state index contributed by atoms with van der Waals surface area (Å²) in [6.07, 6.45) is 3.55. The Morgan fingerprint density at radius 2 is 2.00 bits per heavy atom. The van der Waals surface area contributed by atoms with Crippen molar-refractivity contribution in [2.24, 2.45) is 11.7 Å². The van der Waals surface area contributed by atoms with Gasteiger partial charge in [-0.05, 0) is 30.9 Å². The molecule has 2 N–H and O–H groups in total. The molecule has 2 nitrogen and oxygen atoms in total. The van der Waals surface area contributed by atoms with E-state index in [-0.39, 0.29) is 0 Å². The minimum Gasteiger partial charge on any atom is -0.393 e. The Hall–Kier alpha value is -1.09. The Balaban J connectivity index is 1.98. The van der Waals surface area contributed by atoms with Crippen molar-refractivity contribution in [1.29, 1.82) is 0 Å². The monoisotopic (exact) mass is 234 g/mol. The fourth-order valence-corrected chi connectivity index (χ4v) is 1.91. The van der Waals surface area contributed by atoms with Crippen molar-refractivity contribution in [3.63, 3.8) is 0 Å². The maximum atomic E-state index is 5.57. The predicted octanol–water partition coefficient (Wildman–Crippen LogP) is 2.58. The standard InChI is InChI=1S/C13H18N2S/c14-13(16)8-9-15(10-11-6-7-11)12-4-2-1-3-5-12/h1-5,11H,6-10H2,(H2,14,16). The number of para-hydroxylation sites is 1. The molecule has 1 fully saturated rings. The number of nitrogens with zero attached hydrogens (tertiary/aromatic N) is 1. The molecule has 3 heteroatoms. The van der Waals surface area contributed by atoms with Crippen LogP contribution in [0.4, 0.5) is 5.69 Å². The third-order valence-corrected chi connectivity index (χ3v) is 3.13. The Morgan fingerprint density at radius 3 is 2.56 bits per heavy atom. The van der Waals surface area contributed by atoms with Crippen LogP contribution in [0.15, 0.2) is 30.3 Å². The van der Waals surface area contributed by atoms with Gasteiger partial charge in [-0.25, -0.2) is 0 Å². The van der Waals surface area contributed by atoms with E-state index in [1.54, 1.807) is 0 Å². The summed E-state index contributed by atoms with van der Waals surface area (Å²) >= 11 is 4.94. The predicted molar refractivity (Wildman–Crippen MR) is 72.8 cm³/mol. The van der Waals surface area contributed by atoms with Crippen molar-refractivity contribution in [3.8, 4) is 0 Å². The van der Waals surface area contributed by atoms with Crippen LogP contribution >= 0.6 is 12.2 Å². The van der Waals surface area contributed by atoms with Gasteiger partial charge in [-0.1, -0.05) is 30.4 Å². The second-order valence-corrected chi connectivity index (χ2v) is 4.97. The third kappa shape index (κ3) is 3.49. The van der Waals surface area contributed by atoms with E-state index in [4.69, 9.17) is 18.0 Å². The molecule has 0 bridgehead atoms. The molecule has 2 rings (SSSR count). The van der Waals surface area contributed by atoms with Crippen molar-refractivity contribution in [3.05, 3.63) is 30.3 Å². The first-order chi connectivity index (χ1) is 7.75. The van der Waals surface area contributed by atoms with Gasteiger partial charge in [0.05, 0.1) is 4.99 Å². The number of thiocarbonyl (C=S) groups is 1. The van der Waals surface area contributed by atoms with Crippen LogP contribution in [0.2, 0.25) is 0 Å². The lowest BCUT2D eigenvalue weighted by atomic mass is 10.2. The van der Waals surface area contributed by atoms with Gasteiger partial charge < -0.3 is 10.6 Å². The molecule has 86 valence electrons. The van der Waals surface area contributed by atoms with E-state index in [1.807, 2.05) is 6.07 Å². The van der Waals surface area contributed by atoms with Crippen molar-refractivity contribution < 1.29 is 0 Å². The van der Waals surface area contributed by atoms with E-state index in [0.29, 0.717) is 4.99 Å². The molecule has 0 spiro atoms. The average molecular weight is 234 g/mol. The zero-order valence-electron chi connectivity index (χ0n) is 9.43. The molecule has 0 radical (unpaired) electrons. The zero-order valence-corrected chi connectivity index (χ0v) is 10.2. The SMILES string of the molecule is NC(=S)CCN(CC1CC1)c1ccccc1. The number of hydrogen-bond donors (Lipinski definition) is 1. The first-order valence-corrected chi connectivity index (χ1v) is 6.25. The van der Waals surface area contributed by atoms with Crippen LogP contribution in [-0.4, -0.2) is 18.1 Å². The quantitative estimate of drug-likeness (QED) is 0.767. The lowest BCUT2D eigenvalue weighted by Crippen LogP contribution is -2.29. The Bertz CT molecular complexity index is 346. The molecule has 1 aliphatic carbocycles. The number of benzene rings is 1. The van der Waals surface area contributed by atoms with Crippen molar-refractivity contribution in [2.45, 2.75) is 19.3 Å². The first kappa shape index (κ1) is 11.4. The molecule has 1 saturated carbocycles.